The quantitative estimate of drug-likeness (QED) is 0.679. The van der Waals surface area contributed by atoms with Crippen LogP contribution in [0.2, 0.25) is 0 Å². The van der Waals surface area contributed by atoms with Crippen LogP contribution in [0, 0.1) is 0 Å². The lowest BCUT2D eigenvalue weighted by Gasteiger charge is -1.92. The largest absolute Gasteiger partial charge is 0.278 e. The second kappa shape index (κ2) is 5.20. The molecule has 0 saturated heterocycles. The molecule has 2 heterocycles. The van der Waals surface area contributed by atoms with Gasteiger partial charge in [-0.25, -0.2) is 4.21 Å². The SMILES string of the molecule is O=S1C=Cc2ccccc21.c1ccc2[nH]ncc2c1. The highest BCUT2D eigenvalue weighted by Crippen LogP contribution is 2.22. The molecule has 4 rings (SSSR count). The van der Waals surface area contributed by atoms with Crippen LogP contribution in [0.25, 0.3) is 17.0 Å². The predicted octanol–water partition coefficient (Wildman–Crippen LogP) is 3.34. The van der Waals surface area contributed by atoms with E-state index < -0.39 is 10.8 Å². The third-order valence-electron chi connectivity index (χ3n) is 2.86. The van der Waals surface area contributed by atoms with Gasteiger partial charge in [-0.05, 0) is 23.8 Å². The van der Waals surface area contributed by atoms with Gasteiger partial charge in [0, 0.05) is 10.8 Å². The molecule has 0 saturated carbocycles. The highest BCUT2D eigenvalue weighted by Gasteiger charge is 2.09. The van der Waals surface area contributed by atoms with Crippen molar-refractivity contribution in [2.45, 2.75) is 4.90 Å². The van der Waals surface area contributed by atoms with Gasteiger partial charge in [-0.15, -0.1) is 0 Å². The van der Waals surface area contributed by atoms with Gasteiger partial charge < -0.3 is 0 Å². The molecule has 0 spiro atoms. The van der Waals surface area contributed by atoms with Crippen LogP contribution in [-0.2, 0) is 10.8 Å². The Morgan fingerprint density at radius 3 is 2.63 bits per heavy atom. The molecule has 1 aliphatic heterocycles. The molecular formula is C15H12N2OS. The van der Waals surface area contributed by atoms with Crippen LogP contribution >= 0.6 is 0 Å². The van der Waals surface area contributed by atoms with E-state index in [9.17, 15) is 4.21 Å². The number of aromatic nitrogens is 2. The van der Waals surface area contributed by atoms with E-state index >= 15 is 0 Å². The van der Waals surface area contributed by atoms with Gasteiger partial charge in [-0.1, -0.05) is 36.4 Å². The van der Waals surface area contributed by atoms with Crippen molar-refractivity contribution in [1.29, 1.82) is 0 Å². The van der Waals surface area contributed by atoms with E-state index in [4.69, 9.17) is 0 Å². The summed E-state index contributed by atoms with van der Waals surface area (Å²) >= 11 is 0. The highest BCUT2D eigenvalue weighted by atomic mass is 32.2. The van der Waals surface area contributed by atoms with E-state index in [1.807, 2.05) is 60.8 Å². The third-order valence-corrected chi connectivity index (χ3v) is 4.04. The van der Waals surface area contributed by atoms with Crippen LogP contribution in [-0.4, -0.2) is 14.4 Å². The molecule has 1 aromatic heterocycles. The standard InChI is InChI=1S/C8H6OS.C7H6N2/c9-10-6-5-7-3-1-2-4-8(7)10;1-2-4-7-6(3-1)5-8-9-7/h1-6H;1-5H,(H,8,9). The molecule has 1 aliphatic rings. The minimum atomic E-state index is -0.878. The molecule has 0 bridgehead atoms. The Hall–Kier alpha value is -2.20. The van der Waals surface area contributed by atoms with E-state index in [1.165, 1.54) is 0 Å². The number of aromatic amines is 1. The van der Waals surface area contributed by atoms with Crippen molar-refractivity contribution >= 4 is 27.8 Å². The molecule has 3 nitrogen and oxygen atoms in total. The number of H-pyrrole nitrogens is 1. The normalized spacial score (nSPS) is 15.9. The lowest BCUT2D eigenvalue weighted by atomic mass is 10.2. The second-order valence-electron chi connectivity index (χ2n) is 4.10. The van der Waals surface area contributed by atoms with Crippen LogP contribution in [0.15, 0.2) is 65.0 Å². The van der Waals surface area contributed by atoms with Crippen molar-refractivity contribution in [3.05, 3.63) is 65.7 Å². The zero-order chi connectivity index (χ0) is 13.1. The molecule has 0 radical (unpaired) electrons. The summed E-state index contributed by atoms with van der Waals surface area (Å²) in [5.74, 6) is 0. The Morgan fingerprint density at radius 2 is 1.79 bits per heavy atom. The van der Waals surface area contributed by atoms with Crippen LogP contribution in [0.1, 0.15) is 5.56 Å². The fourth-order valence-electron chi connectivity index (χ4n) is 1.89. The van der Waals surface area contributed by atoms with E-state index in [0.29, 0.717) is 0 Å². The summed E-state index contributed by atoms with van der Waals surface area (Å²) in [6.45, 7) is 0. The first-order valence-electron chi connectivity index (χ1n) is 5.90. The van der Waals surface area contributed by atoms with E-state index in [0.717, 1.165) is 21.4 Å². The Balaban J connectivity index is 0.000000117. The van der Waals surface area contributed by atoms with Gasteiger partial charge in [-0.3, -0.25) is 5.10 Å². The summed E-state index contributed by atoms with van der Waals surface area (Å²) in [6.07, 6.45) is 3.71. The van der Waals surface area contributed by atoms with Gasteiger partial charge in [0.1, 0.15) is 0 Å². The Morgan fingerprint density at radius 1 is 1.00 bits per heavy atom. The minimum Gasteiger partial charge on any atom is -0.278 e. The maximum Gasteiger partial charge on any atom is 0.0782 e. The molecule has 1 atom stereocenters. The fraction of sp³-hybridized carbons (Fsp3) is 0. The number of hydrogen-bond donors (Lipinski definition) is 1. The molecule has 94 valence electrons. The molecule has 0 amide bonds. The molecule has 19 heavy (non-hydrogen) atoms. The van der Waals surface area contributed by atoms with E-state index in [-0.39, 0.29) is 0 Å². The number of nitrogens with zero attached hydrogens (tertiary/aromatic N) is 1. The summed E-state index contributed by atoms with van der Waals surface area (Å²) in [6, 6.07) is 15.7. The molecule has 4 heteroatoms. The number of para-hydroxylation sites is 1. The number of benzene rings is 2. The van der Waals surface area contributed by atoms with Crippen molar-refractivity contribution in [1.82, 2.24) is 10.2 Å². The lowest BCUT2D eigenvalue weighted by Crippen LogP contribution is -1.81. The zero-order valence-corrected chi connectivity index (χ0v) is 10.9. The summed E-state index contributed by atoms with van der Waals surface area (Å²) < 4.78 is 11.1. The van der Waals surface area contributed by atoms with Crippen molar-refractivity contribution in [2.24, 2.45) is 0 Å². The van der Waals surface area contributed by atoms with Crippen molar-refractivity contribution < 1.29 is 4.21 Å². The molecule has 2 aromatic carbocycles. The topological polar surface area (TPSA) is 45.8 Å². The monoisotopic (exact) mass is 268 g/mol. The molecule has 0 aliphatic carbocycles. The Labute approximate surface area is 113 Å². The molecular weight excluding hydrogens is 256 g/mol. The van der Waals surface area contributed by atoms with Crippen molar-refractivity contribution in [3.63, 3.8) is 0 Å². The Kier molecular flexibility index (Phi) is 3.25. The summed E-state index contributed by atoms with van der Waals surface area (Å²) in [5.41, 5.74) is 2.18. The van der Waals surface area contributed by atoms with Crippen LogP contribution in [0.3, 0.4) is 0 Å². The minimum absolute atomic E-state index is 0.878. The van der Waals surface area contributed by atoms with Gasteiger partial charge in [0.25, 0.3) is 0 Å². The second-order valence-corrected chi connectivity index (χ2v) is 5.40. The van der Waals surface area contributed by atoms with E-state index in [2.05, 4.69) is 10.2 Å². The number of rotatable bonds is 0. The number of nitrogens with one attached hydrogen (secondary N) is 1. The molecule has 1 unspecified atom stereocenters. The number of hydrogen-bond acceptors (Lipinski definition) is 2. The van der Waals surface area contributed by atoms with Gasteiger partial charge in [0.05, 0.1) is 27.4 Å². The third kappa shape index (κ3) is 2.48. The first-order valence-corrected chi connectivity index (χ1v) is 7.12. The van der Waals surface area contributed by atoms with Crippen molar-refractivity contribution in [3.8, 4) is 0 Å². The smallest absolute Gasteiger partial charge is 0.0782 e. The summed E-state index contributed by atoms with van der Waals surface area (Å²) in [7, 11) is -0.878. The first-order chi connectivity index (χ1) is 9.34. The first kappa shape index (κ1) is 11.9. The Bertz CT molecular complexity index is 731. The average molecular weight is 268 g/mol. The van der Waals surface area contributed by atoms with Gasteiger partial charge in [0.15, 0.2) is 0 Å². The molecule has 1 N–H and O–H groups in total. The predicted molar refractivity (Wildman–Crippen MR) is 78.0 cm³/mol. The van der Waals surface area contributed by atoms with Crippen LogP contribution in [0.4, 0.5) is 0 Å². The maximum absolute atomic E-state index is 11.1. The summed E-state index contributed by atoms with van der Waals surface area (Å²) in [4.78, 5) is 0.933. The highest BCUT2D eigenvalue weighted by molar-refractivity contribution is 7.88. The van der Waals surface area contributed by atoms with Crippen LogP contribution in [0.5, 0.6) is 0 Å². The van der Waals surface area contributed by atoms with E-state index in [1.54, 1.807) is 5.41 Å². The van der Waals surface area contributed by atoms with Crippen molar-refractivity contribution in [2.75, 3.05) is 0 Å². The van der Waals surface area contributed by atoms with Gasteiger partial charge in [0.2, 0.25) is 0 Å². The lowest BCUT2D eigenvalue weighted by molar-refractivity contribution is 0.689. The summed E-state index contributed by atoms with van der Waals surface area (Å²) in [5, 5.41) is 9.62. The van der Waals surface area contributed by atoms with Crippen LogP contribution < -0.4 is 0 Å². The molecule has 3 aromatic rings. The number of fused-ring (bicyclic) bond motifs is 2. The molecule has 0 fully saturated rings. The average Bonchev–Trinajstić information content (AvgIpc) is 3.07. The zero-order valence-electron chi connectivity index (χ0n) is 10.1. The maximum atomic E-state index is 11.1. The fourth-order valence-corrected chi connectivity index (χ4v) is 2.89. The van der Waals surface area contributed by atoms with Gasteiger partial charge >= 0.3 is 0 Å². The van der Waals surface area contributed by atoms with Gasteiger partial charge in [-0.2, -0.15) is 5.10 Å².